The van der Waals surface area contributed by atoms with E-state index in [0.717, 1.165) is 31.6 Å². The van der Waals surface area contributed by atoms with Gasteiger partial charge in [-0.2, -0.15) is 5.10 Å². The Morgan fingerprint density at radius 3 is 2.68 bits per heavy atom. The van der Waals surface area contributed by atoms with E-state index in [2.05, 4.69) is 54.2 Å². The number of rotatable bonds is 3. The van der Waals surface area contributed by atoms with Gasteiger partial charge in [-0.1, -0.05) is 38.1 Å². The zero-order chi connectivity index (χ0) is 13.2. The smallest absolute Gasteiger partial charge is 0.125 e. The molecule has 1 atom stereocenters. The van der Waals surface area contributed by atoms with Gasteiger partial charge in [0.1, 0.15) is 5.82 Å². The number of hydrogen-bond donors (Lipinski definition) is 1. The second-order valence-corrected chi connectivity index (χ2v) is 5.15. The van der Waals surface area contributed by atoms with Gasteiger partial charge in [-0.3, -0.25) is 0 Å². The minimum absolute atomic E-state index is 0.377. The summed E-state index contributed by atoms with van der Waals surface area (Å²) in [6.07, 6.45) is 3.19. The van der Waals surface area contributed by atoms with Crippen molar-refractivity contribution in [2.75, 3.05) is 11.9 Å². The maximum atomic E-state index is 4.72. The van der Waals surface area contributed by atoms with Crippen LogP contribution in [0.3, 0.4) is 0 Å². The second-order valence-electron chi connectivity index (χ2n) is 5.15. The summed E-state index contributed by atoms with van der Waals surface area (Å²) in [5, 5.41) is 8.16. The van der Waals surface area contributed by atoms with E-state index >= 15 is 0 Å². The lowest BCUT2D eigenvalue weighted by Crippen LogP contribution is -2.24. The van der Waals surface area contributed by atoms with Crippen LogP contribution >= 0.6 is 0 Å². The molecule has 0 spiro atoms. The zero-order valence-corrected chi connectivity index (χ0v) is 11.7. The van der Waals surface area contributed by atoms with Crippen LogP contribution in [0, 0.1) is 0 Å². The summed E-state index contributed by atoms with van der Waals surface area (Å²) in [5.74, 6) is 1.16. The second kappa shape index (κ2) is 5.08. The largest absolute Gasteiger partial charge is 0.370 e. The number of benzene rings is 1. The number of nitrogens with one attached hydrogen (secondary N) is 1. The molecular weight excluding hydrogens is 234 g/mol. The van der Waals surface area contributed by atoms with Crippen LogP contribution in [0.2, 0.25) is 0 Å². The van der Waals surface area contributed by atoms with Crippen molar-refractivity contribution in [2.45, 2.75) is 39.2 Å². The van der Waals surface area contributed by atoms with Gasteiger partial charge < -0.3 is 5.32 Å². The van der Waals surface area contributed by atoms with Crippen LogP contribution in [0.25, 0.3) is 0 Å². The third kappa shape index (κ3) is 2.25. The lowest BCUT2D eigenvalue weighted by atomic mass is 10.0. The summed E-state index contributed by atoms with van der Waals surface area (Å²) in [5.41, 5.74) is 3.93. The van der Waals surface area contributed by atoms with E-state index in [4.69, 9.17) is 5.10 Å². The van der Waals surface area contributed by atoms with E-state index in [-0.39, 0.29) is 0 Å². The molecule has 1 aromatic heterocycles. The van der Waals surface area contributed by atoms with Gasteiger partial charge in [0.05, 0.1) is 11.7 Å². The first-order valence-electron chi connectivity index (χ1n) is 7.23. The van der Waals surface area contributed by atoms with Gasteiger partial charge in [-0.15, -0.1) is 0 Å². The minimum Gasteiger partial charge on any atom is -0.370 e. The molecule has 0 radical (unpaired) electrons. The van der Waals surface area contributed by atoms with E-state index in [1.54, 1.807) is 0 Å². The first-order valence-corrected chi connectivity index (χ1v) is 7.23. The van der Waals surface area contributed by atoms with Crippen molar-refractivity contribution in [2.24, 2.45) is 0 Å². The first kappa shape index (κ1) is 12.3. The maximum absolute atomic E-state index is 4.72. The average molecular weight is 255 g/mol. The van der Waals surface area contributed by atoms with Gasteiger partial charge in [-0.25, -0.2) is 4.68 Å². The summed E-state index contributed by atoms with van der Waals surface area (Å²) < 4.78 is 2.16. The van der Waals surface area contributed by atoms with Crippen LogP contribution in [0.15, 0.2) is 30.3 Å². The molecule has 1 aromatic carbocycles. The van der Waals surface area contributed by atoms with Gasteiger partial charge in [0.25, 0.3) is 0 Å². The van der Waals surface area contributed by atoms with Crippen LogP contribution in [-0.2, 0) is 12.8 Å². The molecule has 0 saturated carbocycles. The highest BCUT2D eigenvalue weighted by Crippen LogP contribution is 2.30. The molecule has 1 unspecified atom stereocenters. The SMILES string of the molecule is CCc1ccc(C2CCNc3cc(CC)nn32)cc1. The van der Waals surface area contributed by atoms with Crippen molar-refractivity contribution in [3.63, 3.8) is 0 Å². The van der Waals surface area contributed by atoms with Gasteiger partial charge in [0.2, 0.25) is 0 Å². The van der Waals surface area contributed by atoms with Crippen molar-refractivity contribution in [3.8, 4) is 0 Å². The molecule has 0 aliphatic carbocycles. The lowest BCUT2D eigenvalue weighted by Gasteiger charge is -2.26. The maximum Gasteiger partial charge on any atom is 0.125 e. The molecule has 0 amide bonds. The molecule has 100 valence electrons. The van der Waals surface area contributed by atoms with Gasteiger partial charge >= 0.3 is 0 Å². The Morgan fingerprint density at radius 2 is 2.00 bits per heavy atom. The summed E-state index contributed by atoms with van der Waals surface area (Å²) in [6, 6.07) is 11.5. The van der Waals surface area contributed by atoms with Crippen LogP contribution in [0.1, 0.15) is 43.1 Å². The summed E-state index contributed by atoms with van der Waals surface area (Å²) in [6.45, 7) is 5.37. The number of nitrogens with zero attached hydrogens (tertiary/aromatic N) is 2. The first-order chi connectivity index (χ1) is 9.31. The minimum atomic E-state index is 0.377. The molecule has 0 saturated heterocycles. The molecule has 3 rings (SSSR count). The fraction of sp³-hybridized carbons (Fsp3) is 0.438. The zero-order valence-electron chi connectivity index (χ0n) is 11.7. The van der Waals surface area contributed by atoms with Crippen LogP contribution in [-0.4, -0.2) is 16.3 Å². The number of fused-ring (bicyclic) bond motifs is 1. The van der Waals surface area contributed by atoms with Crippen LogP contribution in [0.4, 0.5) is 5.82 Å². The summed E-state index contributed by atoms with van der Waals surface area (Å²) >= 11 is 0. The highest BCUT2D eigenvalue weighted by Gasteiger charge is 2.22. The Morgan fingerprint density at radius 1 is 1.21 bits per heavy atom. The molecule has 0 bridgehead atoms. The van der Waals surface area contributed by atoms with Crippen molar-refractivity contribution >= 4 is 5.82 Å². The Balaban J connectivity index is 1.95. The van der Waals surface area contributed by atoms with E-state index in [1.807, 2.05) is 0 Å². The normalized spacial score (nSPS) is 17.9. The molecule has 1 aliphatic rings. The fourth-order valence-corrected chi connectivity index (χ4v) is 2.73. The number of aromatic nitrogens is 2. The number of anilines is 1. The number of hydrogen-bond acceptors (Lipinski definition) is 2. The molecule has 3 heteroatoms. The predicted molar refractivity (Wildman–Crippen MR) is 78.7 cm³/mol. The Labute approximate surface area is 114 Å². The molecule has 1 N–H and O–H groups in total. The Bertz CT molecular complexity index is 554. The van der Waals surface area contributed by atoms with Crippen molar-refractivity contribution in [3.05, 3.63) is 47.2 Å². The van der Waals surface area contributed by atoms with Crippen molar-refractivity contribution < 1.29 is 0 Å². The Hall–Kier alpha value is -1.77. The monoisotopic (exact) mass is 255 g/mol. The topological polar surface area (TPSA) is 29.9 Å². The third-order valence-corrected chi connectivity index (χ3v) is 3.94. The van der Waals surface area contributed by atoms with Crippen molar-refractivity contribution in [1.82, 2.24) is 9.78 Å². The van der Waals surface area contributed by atoms with E-state index < -0.39 is 0 Å². The molecule has 2 aromatic rings. The quantitative estimate of drug-likeness (QED) is 0.910. The fourth-order valence-electron chi connectivity index (χ4n) is 2.73. The van der Waals surface area contributed by atoms with Crippen LogP contribution in [0.5, 0.6) is 0 Å². The van der Waals surface area contributed by atoms with E-state index in [0.29, 0.717) is 6.04 Å². The molecule has 1 aliphatic heterocycles. The standard InChI is InChI=1S/C16H21N3/c1-3-12-5-7-13(8-6-12)15-9-10-17-16-11-14(4-2)18-19(15)16/h5-8,11,15,17H,3-4,9-10H2,1-2H3. The van der Waals surface area contributed by atoms with Crippen molar-refractivity contribution in [1.29, 1.82) is 0 Å². The number of aryl methyl sites for hydroxylation is 2. The average Bonchev–Trinajstić information content (AvgIpc) is 2.90. The van der Waals surface area contributed by atoms with E-state index in [1.165, 1.54) is 16.8 Å². The predicted octanol–water partition coefficient (Wildman–Crippen LogP) is 3.41. The molecular formula is C16H21N3. The van der Waals surface area contributed by atoms with Gasteiger partial charge in [-0.05, 0) is 30.4 Å². The highest BCUT2D eigenvalue weighted by atomic mass is 15.4. The summed E-state index contributed by atoms with van der Waals surface area (Å²) in [4.78, 5) is 0. The molecule has 19 heavy (non-hydrogen) atoms. The molecule has 3 nitrogen and oxygen atoms in total. The molecule has 2 heterocycles. The Kier molecular flexibility index (Phi) is 3.28. The van der Waals surface area contributed by atoms with E-state index in [9.17, 15) is 0 Å². The molecule has 0 fully saturated rings. The highest BCUT2D eigenvalue weighted by molar-refractivity contribution is 5.41. The van der Waals surface area contributed by atoms with Gasteiger partial charge in [0.15, 0.2) is 0 Å². The summed E-state index contributed by atoms with van der Waals surface area (Å²) in [7, 11) is 0. The third-order valence-electron chi connectivity index (χ3n) is 3.94. The van der Waals surface area contributed by atoms with Gasteiger partial charge in [0, 0.05) is 12.6 Å². The lowest BCUT2D eigenvalue weighted by molar-refractivity contribution is 0.478. The van der Waals surface area contributed by atoms with Crippen LogP contribution < -0.4 is 5.32 Å².